The van der Waals surface area contributed by atoms with E-state index in [2.05, 4.69) is 0 Å². The van der Waals surface area contributed by atoms with E-state index >= 15 is 0 Å². The second-order valence-electron chi connectivity index (χ2n) is 2.84. The van der Waals surface area contributed by atoms with Gasteiger partial charge in [0, 0.05) is 0 Å². The van der Waals surface area contributed by atoms with Gasteiger partial charge in [-0.15, -0.1) is 0 Å². The lowest BCUT2D eigenvalue weighted by Gasteiger charge is -2.10. The van der Waals surface area contributed by atoms with Crippen LogP contribution in [0.25, 0.3) is 0 Å². The van der Waals surface area contributed by atoms with E-state index in [0.29, 0.717) is 12.1 Å². The summed E-state index contributed by atoms with van der Waals surface area (Å²) >= 11 is 0. The maximum Gasteiger partial charge on any atom is 0.419 e. The summed E-state index contributed by atoms with van der Waals surface area (Å²) in [5.74, 6) is -1.38. The van der Waals surface area contributed by atoms with Crippen molar-refractivity contribution in [3.05, 3.63) is 35.1 Å². The Morgan fingerprint density at radius 1 is 1.33 bits per heavy atom. The fraction of sp³-hybridized carbons (Fsp3) is 0.222. The number of halogens is 4. The standard InChI is InChI=1S/C9H6F4N2/c10-7-2-1-5(8(15)4-14)3-6(7)9(11,12)13/h1-3,8H,15H2. The van der Waals surface area contributed by atoms with Gasteiger partial charge in [-0.05, 0) is 17.7 Å². The van der Waals surface area contributed by atoms with Crippen molar-refractivity contribution in [2.75, 3.05) is 0 Å². The van der Waals surface area contributed by atoms with E-state index in [1.807, 2.05) is 0 Å². The largest absolute Gasteiger partial charge is 0.419 e. The zero-order valence-electron chi connectivity index (χ0n) is 7.35. The van der Waals surface area contributed by atoms with Crippen molar-refractivity contribution >= 4 is 0 Å². The van der Waals surface area contributed by atoms with Crippen molar-refractivity contribution < 1.29 is 17.6 Å². The lowest BCUT2D eigenvalue weighted by molar-refractivity contribution is -0.140. The van der Waals surface area contributed by atoms with Crippen LogP contribution in [0.3, 0.4) is 0 Å². The van der Waals surface area contributed by atoms with Gasteiger partial charge in [0.15, 0.2) is 0 Å². The van der Waals surface area contributed by atoms with Gasteiger partial charge in [-0.3, -0.25) is 0 Å². The monoisotopic (exact) mass is 218 g/mol. The highest BCUT2D eigenvalue weighted by Crippen LogP contribution is 2.32. The fourth-order valence-electron chi connectivity index (χ4n) is 1.03. The molecule has 6 heteroatoms. The first-order valence-corrected chi connectivity index (χ1v) is 3.88. The lowest BCUT2D eigenvalue weighted by atomic mass is 10.0. The van der Waals surface area contributed by atoms with Gasteiger partial charge in [0.25, 0.3) is 0 Å². The second kappa shape index (κ2) is 3.87. The first-order chi connectivity index (χ1) is 6.86. The third-order valence-corrected chi connectivity index (χ3v) is 1.79. The SMILES string of the molecule is N#CC(N)c1ccc(F)c(C(F)(F)F)c1. The Hall–Kier alpha value is -1.61. The molecule has 0 fully saturated rings. The Morgan fingerprint density at radius 3 is 2.40 bits per heavy atom. The molecular weight excluding hydrogens is 212 g/mol. The van der Waals surface area contributed by atoms with Gasteiger partial charge in [0.1, 0.15) is 11.9 Å². The number of benzene rings is 1. The molecule has 0 aromatic heterocycles. The normalized spacial score (nSPS) is 13.3. The molecule has 1 rings (SSSR count). The highest BCUT2D eigenvalue weighted by molar-refractivity contribution is 5.31. The quantitative estimate of drug-likeness (QED) is 0.735. The van der Waals surface area contributed by atoms with Crippen LogP contribution in [0.1, 0.15) is 17.2 Å². The number of rotatable bonds is 1. The zero-order valence-corrected chi connectivity index (χ0v) is 7.35. The molecule has 1 atom stereocenters. The molecule has 0 aliphatic rings. The topological polar surface area (TPSA) is 49.8 Å². The Balaban J connectivity index is 3.24. The van der Waals surface area contributed by atoms with Crippen LogP contribution in [0, 0.1) is 17.1 Å². The molecule has 0 saturated heterocycles. The summed E-state index contributed by atoms with van der Waals surface area (Å²) < 4.78 is 49.5. The van der Waals surface area contributed by atoms with Crippen molar-refractivity contribution in [3.8, 4) is 6.07 Å². The molecule has 1 unspecified atom stereocenters. The fourth-order valence-corrected chi connectivity index (χ4v) is 1.03. The van der Waals surface area contributed by atoms with E-state index < -0.39 is 23.6 Å². The van der Waals surface area contributed by atoms with Crippen LogP contribution >= 0.6 is 0 Å². The van der Waals surface area contributed by atoms with Crippen LogP contribution in [-0.4, -0.2) is 0 Å². The van der Waals surface area contributed by atoms with Gasteiger partial charge >= 0.3 is 6.18 Å². The minimum Gasteiger partial charge on any atom is -0.312 e. The molecule has 0 radical (unpaired) electrons. The second-order valence-corrected chi connectivity index (χ2v) is 2.84. The predicted octanol–water partition coefficient (Wildman–Crippen LogP) is 2.37. The van der Waals surface area contributed by atoms with Gasteiger partial charge in [-0.1, -0.05) is 6.07 Å². The van der Waals surface area contributed by atoms with Crippen molar-refractivity contribution in [2.24, 2.45) is 5.73 Å². The van der Waals surface area contributed by atoms with E-state index in [1.165, 1.54) is 0 Å². The third kappa shape index (κ3) is 2.44. The summed E-state index contributed by atoms with van der Waals surface area (Å²) in [6.45, 7) is 0. The molecule has 0 spiro atoms. The average Bonchev–Trinajstić information content (AvgIpc) is 2.15. The number of nitriles is 1. The van der Waals surface area contributed by atoms with Crippen molar-refractivity contribution in [3.63, 3.8) is 0 Å². The van der Waals surface area contributed by atoms with E-state index in [4.69, 9.17) is 11.0 Å². The van der Waals surface area contributed by atoms with Crippen molar-refractivity contribution in [2.45, 2.75) is 12.2 Å². The van der Waals surface area contributed by atoms with Gasteiger partial charge in [-0.2, -0.15) is 18.4 Å². The molecule has 0 bridgehead atoms. The molecular formula is C9H6F4N2. The van der Waals surface area contributed by atoms with Crippen LogP contribution in [0.15, 0.2) is 18.2 Å². The summed E-state index contributed by atoms with van der Waals surface area (Å²) in [6.07, 6.45) is -4.78. The van der Waals surface area contributed by atoms with E-state index in [1.54, 1.807) is 6.07 Å². The maximum atomic E-state index is 12.8. The zero-order chi connectivity index (χ0) is 11.6. The van der Waals surface area contributed by atoms with Crippen LogP contribution in [-0.2, 0) is 6.18 Å². The minimum absolute atomic E-state index is 0.0637. The first kappa shape index (κ1) is 11.5. The molecule has 1 aromatic carbocycles. The molecule has 15 heavy (non-hydrogen) atoms. The maximum absolute atomic E-state index is 12.8. The molecule has 80 valence electrons. The Bertz CT molecular complexity index is 406. The number of hydrogen-bond donors (Lipinski definition) is 1. The number of alkyl halides is 3. The molecule has 0 aliphatic carbocycles. The number of nitrogens with two attached hydrogens (primary N) is 1. The molecule has 1 aromatic rings. The van der Waals surface area contributed by atoms with Crippen LogP contribution in [0.5, 0.6) is 0 Å². The molecule has 0 amide bonds. The summed E-state index contributed by atoms with van der Waals surface area (Å²) in [5.41, 5.74) is 3.73. The van der Waals surface area contributed by atoms with Gasteiger partial charge in [0.2, 0.25) is 0 Å². The molecule has 0 heterocycles. The number of hydrogen-bond acceptors (Lipinski definition) is 2. The van der Waals surface area contributed by atoms with Gasteiger partial charge in [0.05, 0.1) is 11.6 Å². The smallest absolute Gasteiger partial charge is 0.312 e. The Kier molecular flexibility index (Phi) is 2.95. The molecule has 2 nitrogen and oxygen atoms in total. The van der Waals surface area contributed by atoms with Crippen LogP contribution < -0.4 is 5.73 Å². The van der Waals surface area contributed by atoms with Crippen LogP contribution in [0.2, 0.25) is 0 Å². The van der Waals surface area contributed by atoms with Crippen LogP contribution in [0.4, 0.5) is 17.6 Å². The third-order valence-electron chi connectivity index (χ3n) is 1.79. The predicted molar refractivity (Wildman–Crippen MR) is 43.9 cm³/mol. The average molecular weight is 218 g/mol. The van der Waals surface area contributed by atoms with E-state index in [0.717, 1.165) is 6.07 Å². The van der Waals surface area contributed by atoms with Gasteiger partial charge < -0.3 is 5.73 Å². The summed E-state index contributed by atoms with van der Waals surface area (Å²) in [5, 5.41) is 8.40. The van der Waals surface area contributed by atoms with E-state index in [-0.39, 0.29) is 5.56 Å². The van der Waals surface area contributed by atoms with E-state index in [9.17, 15) is 17.6 Å². The highest BCUT2D eigenvalue weighted by atomic mass is 19.4. The van der Waals surface area contributed by atoms with Crippen molar-refractivity contribution in [1.82, 2.24) is 0 Å². The highest BCUT2D eigenvalue weighted by Gasteiger charge is 2.34. The molecule has 0 saturated carbocycles. The molecule has 2 N–H and O–H groups in total. The van der Waals surface area contributed by atoms with Gasteiger partial charge in [-0.25, -0.2) is 4.39 Å². The van der Waals surface area contributed by atoms with Crippen molar-refractivity contribution in [1.29, 1.82) is 5.26 Å². The number of nitrogens with zero attached hydrogens (tertiary/aromatic N) is 1. The summed E-state index contributed by atoms with van der Waals surface area (Å²) in [4.78, 5) is 0. The molecule has 0 aliphatic heterocycles. The summed E-state index contributed by atoms with van der Waals surface area (Å²) in [6, 6.07) is 2.63. The minimum atomic E-state index is -4.78. The lowest BCUT2D eigenvalue weighted by Crippen LogP contribution is -2.12. The summed E-state index contributed by atoms with van der Waals surface area (Å²) in [7, 11) is 0. The Morgan fingerprint density at radius 2 is 1.93 bits per heavy atom. The first-order valence-electron chi connectivity index (χ1n) is 3.88. The Labute approximate surface area is 82.9 Å².